The van der Waals surface area contributed by atoms with Crippen molar-refractivity contribution < 1.29 is 4.79 Å². The molecule has 1 amide bonds. The molecule has 0 aliphatic heterocycles. The monoisotopic (exact) mass is 221 g/mol. The van der Waals surface area contributed by atoms with Crippen molar-refractivity contribution in [2.75, 3.05) is 6.54 Å². The first kappa shape index (κ1) is 11.2. The van der Waals surface area contributed by atoms with E-state index in [1.54, 1.807) is 12.3 Å². The lowest BCUT2D eigenvalue weighted by Gasteiger charge is -2.33. The van der Waals surface area contributed by atoms with Crippen LogP contribution in [0.5, 0.6) is 0 Å². The summed E-state index contributed by atoms with van der Waals surface area (Å²) in [7, 11) is 0. The van der Waals surface area contributed by atoms with Crippen LogP contribution in [-0.2, 0) is 0 Å². The van der Waals surface area contributed by atoms with Gasteiger partial charge in [0, 0.05) is 18.3 Å². The van der Waals surface area contributed by atoms with Gasteiger partial charge in [-0.3, -0.25) is 4.79 Å². The van der Waals surface area contributed by atoms with Crippen LogP contribution >= 0.6 is 0 Å². The highest BCUT2D eigenvalue weighted by molar-refractivity contribution is 5.92. The highest BCUT2D eigenvalue weighted by Crippen LogP contribution is 2.25. The van der Waals surface area contributed by atoms with E-state index < -0.39 is 0 Å². The lowest BCUT2D eigenvalue weighted by Crippen LogP contribution is -2.51. The SMILES string of the molecule is NC1(CNC(=O)c2ccc[nH]2)CCCCC1. The quantitative estimate of drug-likeness (QED) is 0.722. The lowest BCUT2D eigenvalue weighted by molar-refractivity contribution is 0.0933. The van der Waals surface area contributed by atoms with Crippen molar-refractivity contribution in [3.63, 3.8) is 0 Å². The van der Waals surface area contributed by atoms with E-state index in [1.807, 2.05) is 6.07 Å². The van der Waals surface area contributed by atoms with Crippen LogP contribution in [0.4, 0.5) is 0 Å². The second-order valence-corrected chi connectivity index (χ2v) is 4.69. The fourth-order valence-electron chi connectivity index (χ4n) is 2.26. The van der Waals surface area contributed by atoms with Crippen molar-refractivity contribution in [3.05, 3.63) is 24.0 Å². The van der Waals surface area contributed by atoms with Gasteiger partial charge in [-0.2, -0.15) is 0 Å². The maximum atomic E-state index is 11.7. The summed E-state index contributed by atoms with van der Waals surface area (Å²) in [6.07, 6.45) is 7.39. The number of amides is 1. The number of hydrogen-bond donors (Lipinski definition) is 3. The Balaban J connectivity index is 1.84. The van der Waals surface area contributed by atoms with Gasteiger partial charge < -0.3 is 16.0 Å². The van der Waals surface area contributed by atoms with E-state index >= 15 is 0 Å². The topological polar surface area (TPSA) is 70.9 Å². The molecule has 2 rings (SSSR count). The number of hydrogen-bond acceptors (Lipinski definition) is 2. The normalized spacial score (nSPS) is 19.3. The average molecular weight is 221 g/mol. The minimum absolute atomic E-state index is 0.0691. The predicted octanol–water partition coefficient (Wildman–Crippen LogP) is 1.41. The first-order chi connectivity index (χ1) is 7.70. The van der Waals surface area contributed by atoms with Gasteiger partial charge in [-0.05, 0) is 25.0 Å². The number of aromatic amines is 1. The highest BCUT2D eigenvalue weighted by Gasteiger charge is 2.27. The summed E-state index contributed by atoms with van der Waals surface area (Å²) in [5, 5.41) is 2.90. The number of nitrogens with two attached hydrogens (primary N) is 1. The standard InChI is InChI=1S/C12H19N3O/c13-12(6-2-1-3-7-12)9-15-11(16)10-5-4-8-14-10/h4-5,8,14H,1-3,6-7,9,13H2,(H,15,16). The molecule has 1 aliphatic rings. The molecule has 1 aromatic heterocycles. The maximum Gasteiger partial charge on any atom is 0.267 e. The Morgan fingerprint density at radius 2 is 2.19 bits per heavy atom. The van der Waals surface area contributed by atoms with Crippen molar-refractivity contribution in [2.45, 2.75) is 37.6 Å². The number of nitrogens with one attached hydrogen (secondary N) is 2. The van der Waals surface area contributed by atoms with Gasteiger partial charge in [0.15, 0.2) is 0 Å². The van der Waals surface area contributed by atoms with Gasteiger partial charge in [0.05, 0.1) is 0 Å². The Kier molecular flexibility index (Phi) is 3.29. The third kappa shape index (κ3) is 2.64. The van der Waals surface area contributed by atoms with E-state index in [0.29, 0.717) is 12.2 Å². The molecule has 16 heavy (non-hydrogen) atoms. The van der Waals surface area contributed by atoms with Gasteiger partial charge in [-0.25, -0.2) is 0 Å². The minimum Gasteiger partial charge on any atom is -0.357 e. The molecule has 0 spiro atoms. The van der Waals surface area contributed by atoms with Crippen LogP contribution < -0.4 is 11.1 Å². The molecule has 0 unspecified atom stereocenters. The van der Waals surface area contributed by atoms with Crippen molar-refractivity contribution >= 4 is 5.91 Å². The highest BCUT2D eigenvalue weighted by atomic mass is 16.1. The average Bonchev–Trinajstić information content (AvgIpc) is 2.80. The molecule has 0 aromatic carbocycles. The van der Waals surface area contributed by atoms with E-state index in [-0.39, 0.29) is 11.4 Å². The van der Waals surface area contributed by atoms with Crippen LogP contribution in [-0.4, -0.2) is 23.0 Å². The van der Waals surface area contributed by atoms with Crippen molar-refractivity contribution in [1.82, 2.24) is 10.3 Å². The van der Waals surface area contributed by atoms with Gasteiger partial charge >= 0.3 is 0 Å². The van der Waals surface area contributed by atoms with E-state index in [0.717, 1.165) is 12.8 Å². The first-order valence-corrected chi connectivity index (χ1v) is 5.90. The van der Waals surface area contributed by atoms with Gasteiger partial charge in [0.25, 0.3) is 5.91 Å². The summed E-state index contributed by atoms with van der Waals surface area (Å²) in [6, 6.07) is 3.58. The zero-order valence-corrected chi connectivity index (χ0v) is 9.46. The largest absolute Gasteiger partial charge is 0.357 e. The maximum absolute atomic E-state index is 11.7. The Hall–Kier alpha value is -1.29. The number of carbonyl (C=O) groups excluding carboxylic acids is 1. The molecular weight excluding hydrogens is 202 g/mol. The van der Waals surface area contributed by atoms with Crippen molar-refractivity contribution in [2.24, 2.45) is 5.73 Å². The van der Waals surface area contributed by atoms with E-state index in [9.17, 15) is 4.79 Å². The van der Waals surface area contributed by atoms with Gasteiger partial charge in [0.2, 0.25) is 0 Å². The summed E-state index contributed by atoms with van der Waals surface area (Å²) in [5.41, 5.74) is 6.64. The van der Waals surface area contributed by atoms with E-state index in [2.05, 4.69) is 10.3 Å². The Labute approximate surface area is 95.6 Å². The molecule has 4 heteroatoms. The Bertz CT molecular complexity index is 339. The summed E-state index contributed by atoms with van der Waals surface area (Å²) in [6.45, 7) is 0.574. The number of H-pyrrole nitrogens is 1. The van der Waals surface area contributed by atoms with Crippen LogP contribution in [0.15, 0.2) is 18.3 Å². The zero-order valence-electron chi connectivity index (χ0n) is 9.46. The first-order valence-electron chi connectivity index (χ1n) is 5.90. The van der Waals surface area contributed by atoms with E-state index in [4.69, 9.17) is 5.73 Å². The van der Waals surface area contributed by atoms with Crippen LogP contribution in [0.3, 0.4) is 0 Å². The lowest BCUT2D eigenvalue weighted by atomic mass is 9.82. The molecule has 1 heterocycles. The molecule has 1 saturated carbocycles. The second-order valence-electron chi connectivity index (χ2n) is 4.69. The summed E-state index contributed by atoms with van der Waals surface area (Å²) < 4.78 is 0. The van der Waals surface area contributed by atoms with Crippen LogP contribution in [0, 0.1) is 0 Å². The van der Waals surface area contributed by atoms with Crippen molar-refractivity contribution in [1.29, 1.82) is 0 Å². The Morgan fingerprint density at radius 3 is 2.81 bits per heavy atom. The molecule has 4 nitrogen and oxygen atoms in total. The molecule has 1 aromatic rings. The fourth-order valence-corrected chi connectivity index (χ4v) is 2.26. The molecule has 0 bridgehead atoms. The fraction of sp³-hybridized carbons (Fsp3) is 0.583. The zero-order chi connectivity index (χ0) is 11.4. The van der Waals surface area contributed by atoms with Gasteiger partial charge in [-0.15, -0.1) is 0 Å². The summed E-state index contributed by atoms with van der Waals surface area (Å²) in [4.78, 5) is 14.6. The molecule has 1 aliphatic carbocycles. The number of rotatable bonds is 3. The van der Waals surface area contributed by atoms with Crippen LogP contribution in [0.1, 0.15) is 42.6 Å². The summed E-state index contributed by atoms with van der Waals surface area (Å²) in [5.74, 6) is -0.0691. The summed E-state index contributed by atoms with van der Waals surface area (Å²) >= 11 is 0. The predicted molar refractivity (Wildman–Crippen MR) is 63.1 cm³/mol. The second kappa shape index (κ2) is 4.70. The molecule has 4 N–H and O–H groups in total. The third-order valence-electron chi connectivity index (χ3n) is 3.29. The minimum atomic E-state index is -0.194. The smallest absolute Gasteiger partial charge is 0.267 e. The molecule has 0 radical (unpaired) electrons. The molecule has 88 valence electrons. The Morgan fingerprint density at radius 1 is 1.44 bits per heavy atom. The van der Waals surface area contributed by atoms with Crippen LogP contribution in [0.25, 0.3) is 0 Å². The van der Waals surface area contributed by atoms with E-state index in [1.165, 1.54) is 19.3 Å². The molecule has 0 saturated heterocycles. The molecule has 0 atom stereocenters. The van der Waals surface area contributed by atoms with Gasteiger partial charge in [-0.1, -0.05) is 19.3 Å². The number of aromatic nitrogens is 1. The number of carbonyl (C=O) groups is 1. The van der Waals surface area contributed by atoms with Crippen molar-refractivity contribution in [3.8, 4) is 0 Å². The molecule has 1 fully saturated rings. The molecular formula is C12H19N3O. The third-order valence-corrected chi connectivity index (χ3v) is 3.29. The van der Waals surface area contributed by atoms with Crippen LogP contribution in [0.2, 0.25) is 0 Å². The van der Waals surface area contributed by atoms with Gasteiger partial charge in [0.1, 0.15) is 5.69 Å².